The summed E-state index contributed by atoms with van der Waals surface area (Å²) in [5, 5.41) is 15.4. The molecule has 0 bridgehead atoms. The first-order valence-electron chi connectivity index (χ1n) is 7.93. The Hall–Kier alpha value is -2.70. The molecule has 1 aliphatic carbocycles. The maximum absolute atomic E-state index is 12.5. The van der Waals surface area contributed by atoms with E-state index in [4.69, 9.17) is 5.21 Å². The second-order valence-electron chi connectivity index (χ2n) is 5.79. The molecule has 0 radical (unpaired) electrons. The highest BCUT2D eigenvalue weighted by Crippen LogP contribution is 2.25. The van der Waals surface area contributed by atoms with Crippen LogP contribution in [0.3, 0.4) is 0 Å². The van der Waals surface area contributed by atoms with E-state index in [0.717, 1.165) is 29.5 Å². The van der Waals surface area contributed by atoms with Gasteiger partial charge in [-0.05, 0) is 58.5 Å². The van der Waals surface area contributed by atoms with E-state index in [1.807, 2.05) is 47.2 Å². The van der Waals surface area contributed by atoms with E-state index in [2.05, 4.69) is 5.32 Å². The summed E-state index contributed by atoms with van der Waals surface area (Å²) >= 11 is 1.56. The number of carbonyl (C=O) groups excluding carboxylic acids is 2. The van der Waals surface area contributed by atoms with E-state index in [9.17, 15) is 9.59 Å². The van der Waals surface area contributed by atoms with Gasteiger partial charge in [-0.2, -0.15) is 11.3 Å². The van der Waals surface area contributed by atoms with Crippen LogP contribution < -0.4 is 10.8 Å². The summed E-state index contributed by atoms with van der Waals surface area (Å²) in [5.74, 6) is -0.634. The molecule has 3 N–H and O–H groups in total. The molecule has 2 aromatic rings. The van der Waals surface area contributed by atoms with Crippen LogP contribution in [0.5, 0.6) is 0 Å². The molecule has 1 aliphatic rings. The number of nitrogens with one attached hydrogen (secondary N) is 2. The lowest BCUT2D eigenvalue weighted by Crippen LogP contribution is -2.26. The molecule has 3 rings (SSSR count). The SMILES string of the molecule is O=C(/C=C/c1ccc(/C=C(\C(=O)NC2CC2)c2ccsc2)cc1)NO. The summed E-state index contributed by atoms with van der Waals surface area (Å²) in [7, 11) is 0. The van der Waals surface area contributed by atoms with Crippen molar-refractivity contribution in [3.63, 3.8) is 0 Å². The average molecular weight is 354 g/mol. The summed E-state index contributed by atoms with van der Waals surface area (Å²) in [4.78, 5) is 23.5. The molecule has 6 heteroatoms. The zero-order valence-corrected chi connectivity index (χ0v) is 14.3. The Kier molecular flexibility index (Phi) is 5.42. The summed E-state index contributed by atoms with van der Waals surface area (Å²) in [6.45, 7) is 0. The van der Waals surface area contributed by atoms with Crippen LogP contribution in [0.15, 0.2) is 47.2 Å². The summed E-state index contributed by atoms with van der Waals surface area (Å²) in [6, 6.07) is 9.70. The third-order valence-electron chi connectivity index (χ3n) is 3.77. The molecule has 25 heavy (non-hydrogen) atoms. The van der Waals surface area contributed by atoms with Crippen molar-refractivity contribution in [3.8, 4) is 0 Å². The van der Waals surface area contributed by atoms with Gasteiger partial charge in [0.1, 0.15) is 0 Å². The predicted octanol–water partition coefficient (Wildman–Crippen LogP) is 3.09. The van der Waals surface area contributed by atoms with Gasteiger partial charge in [0.15, 0.2) is 0 Å². The monoisotopic (exact) mass is 354 g/mol. The van der Waals surface area contributed by atoms with E-state index in [1.165, 1.54) is 6.08 Å². The van der Waals surface area contributed by atoms with Crippen molar-refractivity contribution < 1.29 is 14.8 Å². The smallest absolute Gasteiger partial charge is 0.267 e. The molecule has 5 nitrogen and oxygen atoms in total. The Labute approximate surface area is 149 Å². The quantitative estimate of drug-likeness (QED) is 0.424. The molecule has 2 amide bonds. The van der Waals surface area contributed by atoms with Crippen molar-refractivity contribution in [2.75, 3.05) is 0 Å². The van der Waals surface area contributed by atoms with Crippen LogP contribution in [0, 0.1) is 0 Å². The van der Waals surface area contributed by atoms with Crippen LogP contribution in [-0.4, -0.2) is 23.1 Å². The fraction of sp³-hybridized carbons (Fsp3) is 0.158. The Morgan fingerprint density at radius 3 is 2.44 bits per heavy atom. The molecule has 0 aliphatic heterocycles. The van der Waals surface area contributed by atoms with Gasteiger partial charge in [-0.25, -0.2) is 5.48 Å². The Morgan fingerprint density at radius 2 is 1.84 bits per heavy atom. The number of hydrogen-bond donors (Lipinski definition) is 3. The molecule has 1 aromatic carbocycles. The molecular formula is C19H18N2O3S. The molecule has 128 valence electrons. The fourth-order valence-corrected chi connectivity index (χ4v) is 2.92. The topological polar surface area (TPSA) is 78.4 Å². The van der Waals surface area contributed by atoms with Crippen molar-refractivity contribution in [3.05, 3.63) is 63.9 Å². The van der Waals surface area contributed by atoms with Gasteiger partial charge in [-0.1, -0.05) is 24.3 Å². The van der Waals surface area contributed by atoms with Crippen LogP contribution >= 0.6 is 11.3 Å². The minimum Gasteiger partial charge on any atom is -0.349 e. The van der Waals surface area contributed by atoms with E-state index in [-0.39, 0.29) is 5.91 Å². The molecule has 1 aromatic heterocycles. The number of carbonyl (C=O) groups is 2. The molecule has 0 saturated heterocycles. The van der Waals surface area contributed by atoms with Gasteiger partial charge >= 0.3 is 0 Å². The molecule has 1 heterocycles. The second kappa shape index (κ2) is 7.92. The Bertz CT molecular complexity index is 804. The molecule has 1 saturated carbocycles. The highest BCUT2D eigenvalue weighted by molar-refractivity contribution is 7.08. The number of amides is 2. The van der Waals surface area contributed by atoms with E-state index >= 15 is 0 Å². The second-order valence-corrected chi connectivity index (χ2v) is 6.57. The van der Waals surface area contributed by atoms with Gasteiger partial charge in [0.25, 0.3) is 11.8 Å². The van der Waals surface area contributed by atoms with Gasteiger partial charge in [-0.3, -0.25) is 14.8 Å². The average Bonchev–Trinajstić information content (AvgIpc) is 3.28. The van der Waals surface area contributed by atoms with Crippen molar-refractivity contribution in [2.45, 2.75) is 18.9 Å². The largest absolute Gasteiger partial charge is 0.349 e. The summed E-state index contributed by atoms with van der Waals surface area (Å²) in [5.41, 5.74) is 4.82. The zero-order valence-electron chi connectivity index (χ0n) is 13.4. The standard InChI is InChI=1S/C19H18N2O3S/c22-18(21-24)8-5-13-1-3-14(4-2-13)11-17(15-9-10-25-12-15)19(23)20-16-6-7-16/h1-5,8-12,16,24H,6-7H2,(H,20,23)(H,21,22)/b8-5+,17-11-. The number of hydroxylamine groups is 1. The van der Waals surface area contributed by atoms with Gasteiger partial charge in [-0.15, -0.1) is 0 Å². The first kappa shape index (κ1) is 17.1. The fourth-order valence-electron chi connectivity index (χ4n) is 2.27. The van der Waals surface area contributed by atoms with Gasteiger partial charge in [0.2, 0.25) is 0 Å². The highest BCUT2D eigenvalue weighted by Gasteiger charge is 2.25. The van der Waals surface area contributed by atoms with Gasteiger partial charge in [0.05, 0.1) is 0 Å². The first-order valence-corrected chi connectivity index (χ1v) is 8.87. The van der Waals surface area contributed by atoms with Crippen molar-refractivity contribution in [2.24, 2.45) is 0 Å². The van der Waals surface area contributed by atoms with Crippen molar-refractivity contribution in [1.82, 2.24) is 10.8 Å². The van der Waals surface area contributed by atoms with Gasteiger partial charge in [0, 0.05) is 17.7 Å². The van der Waals surface area contributed by atoms with E-state index in [0.29, 0.717) is 11.6 Å². The van der Waals surface area contributed by atoms with E-state index in [1.54, 1.807) is 22.9 Å². The maximum atomic E-state index is 12.5. The summed E-state index contributed by atoms with van der Waals surface area (Å²) < 4.78 is 0. The van der Waals surface area contributed by atoms with Crippen molar-refractivity contribution >= 4 is 40.9 Å². The number of thiophene rings is 1. The minimum atomic E-state index is -0.583. The van der Waals surface area contributed by atoms with Crippen molar-refractivity contribution in [1.29, 1.82) is 0 Å². The molecule has 0 spiro atoms. The van der Waals surface area contributed by atoms with Crippen LogP contribution in [0.25, 0.3) is 17.7 Å². The van der Waals surface area contributed by atoms with Crippen LogP contribution in [-0.2, 0) is 9.59 Å². The van der Waals surface area contributed by atoms with Gasteiger partial charge < -0.3 is 5.32 Å². The zero-order chi connectivity index (χ0) is 17.6. The first-order chi connectivity index (χ1) is 12.2. The number of rotatable bonds is 6. The van der Waals surface area contributed by atoms with Crippen LogP contribution in [0.2, 0.25) is 0 Å². The minimum absolute atomic E-state index is 0.0514. The molecule has 0 unspecified atom stereocenters. The highest BCUT2D eigenvalue weighted by atomic mass is 32.1. The Morgan fingerprint density at radius 1 is 1.12 bits per heavy atom. The molecule has 1 fully saturated rings. The lowest BCUT2D eigenvalue weighted by Gasteiger charge is -2.07. The van der Waals surface area contributed by atoms with Crippen LogP contribution in [0.1, 0.15) is 29.5 Å². The third kappa shape index (κ3) is 4.89. The molecular weight excluding hydrogens is 336 g/mol. The molecule has 0 atom stereocenters. The summed E-state index contributed by atoms with van der Waals surface area (Å²) in [6.07, 6.45) is 6.80. The maximum Gasteiger partial charge on any atom is 0.267 e. The normalized spacial score (nSPS) is 14.5. The van der Waals surface area contributed by atoms with E-state index < -0.39 is 5.91 Å². The number of hydrogen-bond acceptors (Lipinski definition) is 4. The third-order valence-corrected chi connectivity index (χ3v) is 4.46. The number of benzene rings is 1. The predicted molar refractivity (Wildman–Crippen MR) is 98.8 cm³/mol. The lowest BCUT2D eigenvalue weighted by molar-refractivity contribution is -0.124. The Balaban J connectivity index is 1.80. The van der Waals surface area contributed by atoms with Crippen LogP contribution in [0.4, 0.5) is 0 Å². The lowest BCUT2D eigenvalue weighted by atomic mass is 10.0.